The van der Waals surface area contributed by atoms with Crippen molar-refractivity contribution in [1.82, 2.24) is 0 Å². The molecule has 0 aliphatic heterocycles. The first kappa shape index (κ1) is 32.5. The van der Waals surface area contributed by atoms with E-state index in [9.17, 15) is 19.2 Å². The Morgan fingerprint density at radius 3 is 1.97 bits per heavy atom. The smallest absolute Gasteiger partial charge is 0.468 e. The molecule has 1 aromatic carbocycles. The van der Waals surface area contributed by atoms with E-state index in [1.54, 1.807) is 6.92 Å². The second-order valence-electron chi connectivity index (χ2n) is 8.57. The van der Waals surface area contributed by atoms with Crippen molar-refractivity contribution in [3.05, 3.63) is 23.8 Å². The fraction of sp³-hybridized carbons (Fsp3) is 0.615. The number of hydrogen-bond acceptors (Lipinski definition) is 12. The molecular formula is C26H39NO11. The number of rotatable bonds is 15. The lowest BCUT2D eigenvalue weighted by Gasteiger charge is -2.26. The van der Waals surface area contributed by atoms with E-state index >= 15 is 0 Å². The average molecular weight is 542 g/mol. The third-order valence-electron chi connectivity index (χ3n) is 5.11. The summed E-state index contributed by atoms with van der Waals surface area (Å²) in [6, 6.07) is 4.27. The molecule has 0 aliphatic carbocycles. The monoisotopic (exact) mass is 541 g/mol. The van der Waals surface area contributed by atoms with E-state index < -0.39 is 30.0 Å². The summed E-state index contributed by atoms with van der Waals surface area (Å²) in [5.74, 6) is -0.993. The number of methoxy groups -OCH3 is 1. The third-order valence-corrected chi connectivity index (χ3v) is 5.11. The minimum Gasteiger partial charge on any atom is -0.468 e. The Hall–Kier alpha value is -3.54. The molecule has 0 spiro atoms. The number of carbonyl (C=O) groups is 4. The van der Waals surface area contributed by atoms with Crippen LogP contribution in [0.1, 0.15) is 65.4 Å². The number of nitrogens with two attached hydrogens (primary N) is 1. The van der Waals surface area contributed by atoms with Gasteiger partial charge in [-0.3, -0.25) is 4.79 Å². The third kappa shape index (κ3) is 11.7. The van der Waals surface area contributed by atoms with E-state index in [-0.39, 0.29) is 50.3 Å². The Bertz CT molecular complexity index is 920. The van der Waals surface area contributed by atoms with Crippen LogP contribution in [0.3, 0.4) is 0 Å². The van der Waals surface area contributed by atoms with Gasteiger partial charge in [0.15, 0.2) is 11.5 Å². The highest BCUT2D eigenvalue weighted by atomic mass is 16.7. The number of ether oxygens (including phenoxy) is 7. The summed E-state index contributed by atoms with van der Waals surface area (Å²) >= 11 is 0. The van der Waals surface area contributed by atoms with Crippen molar-refractivity contribution >= 4 is 24.4 Å². The van der Waals surface area contributed by atoms with Crippen LogP contribution in [0.4, 0.5) is 14.4 Å². The van der Waals surface area contributed by atoms with Gasteiger partial charge in [0.2, 0.25) is 0 Å². The van der Waals surface area contributed by atoms with Crippen LogP contribution >= 0.6 is 0 Å². The van der Waals surface area contributed by atoms with Crippen LogP contribution in [0.5, 0.6) is 11.5 Å². The molecule has 12 heteroatoms. The van der Waals surface area contributed by atoms with Crippen LogP contribution in [0.25, 0.3) is 0 Å². The number of benzene rings is 1. The molecule has 0 unspecified atom stereocenters. The van der Waals surface area contributed by atoms with Gasteiger partial charge in [0.1, 0.15) is 11.6 Å². The summed E-state index contributed by atoms with van der Waals surface area (Å²) in [7, 11) is 1.18. The van der Waals surface area contributed by atoms with Crippen LogP contribution < -0.4 is 15.2 Å². The Labute approximate surface area is 223 Å². The van der Waals surface area contributed by atoms with Gasteiger partial charge in [-0.2, -0.15) is 0 Å². The summed E-state index contributed by atoms with van der Waals surface area (Å²) < 4.78 is 35.3. The Morgan fingerprint density at radius 2 is 1.42 bits per heavy atom. The molecule has 0 saturated carbocycles. The molecule has 0 radical (unpaired) electrons. The zero-order valence-electron chi connectivity index (χ0n) is 22.7. The van der Waals surface area contributed by atoms with E-state index in [1.807, 2.05) is 20.8 Å². The van der Waals surface area contributed by atoms with Crippen LogP contribution in [0.15, 0.2) is 18.2 Å². The van der Waals surface area contributed by atoms with Crippen LogP contribution in [0, 0.1) is 0 Å². The molecule has 2 N–H and O–H groups in total. The van der Waals surface area contributed by atoms with E-state index in [1.165, 1.54) is 25.3 Å². The maximum atomic E-state index is 12.6. The maximum Gasteiger partial charge on any atom is 0.513 e. The summed E-state index contributed by atoms with van der Waals surface area (Å²) in [5.41, 5.74) is 5.20. The van der Waals surface area contributed by atoms with E-state index in [0.29, 0.717) is 24.8 Å². The van der Waals surface area contributed by atoms with Crippen LogP contribution in [-0.4, -0.2) is 63.0 Å². The minimum atomic E-state index is -1.60. The van der Waals surface area contributed by atoms with Gasteiger partial charge in [0, 0.05) is 12.8 Å². The second-order valence-corrected chi connectivity index (χ2v) is 8.57. The molecule has 1 aromatic rings. The van der Waals surface area contributed by atoms with Gasteiger partial charge in [0.05, 0.1) is 26.9 Å². The van der Waals surface area contributed by atoms with Gasteiger partial charge in [-0.15, -0.1) is 0 Å². The first-order valence-electron chi connectivity index (χ1n) is 12.6. The molecule has 2 atom stereocenters. The molecule has 0 heterocycles. The van der Waals surface area contributed by atoms with Crippen LogP contribution in [-0.2, 0) is 34.9 Å². The predicted molar refractivity (Wildman–Crippen MR) is 135 cm³/mol. The molecule has 12 nitrogen and oxygen atoms in total. The summed E-state index contributed by atoms with van der Waals surface area (Å²) in [6.45, 7) is 7.42. The Balaban J connectivity index is 3.06. The fourth-order valence-electron chi connectivity index (χ4n) is 3.25. The maximum absolute atomic E-state index is 12.6. The minimum absolute atomic E-state index is 0.0900. The van der Waals surface area contributed by atoms with Gasteiger partial charge in [-0.25, -0.2) is 14.4 Å². The van der Waals surface area contributed by atoms with Crippen molar-refractivity contribution in [3.63, 3.8) is 0 Å². The molecule has 214 valence electrons. The lowest BCUT2D eigenvalue weighted by atomic mass is 9.88. The molecule has 0 saturated heterocycles. The van der Waals surface area contributed by atoms with Crippen LogP contribution in [0.2, 0.25) is 0 Å². The molecule has 38 heavy (non-hydrogen) atoms. The highest BCUT2D eigenvalue weighted by Gasteiger charge is 2.36. The summed E-state index contributed by atoms with van der Waals surface area (Å²) in [4.78, 5) is 48.5. The van der Waals surface area contributed by atoms with Crippen molar-refractivity contribution < 1.29 is 52.3 Å². The Kier molecular flexibility index (Phi) is 14.6. The Morgan fingerprint density at radius 1 is 0.842 bits per heavy atom. The van der Waals surface area contributed by atoms with Gasteiger partial charge in [0.25, 0.3) is 0 Å². The van der Waals surface area contributed by atoms with Crippen molar-refractivity contribution in [2.24, 2.45) is 5.73 Å². The highest BCUT2D eigenvalue weighted by Crippen LogP contribution is 2.31. The second kappa shape index (κ2) is 17.1. The van der Waals surface area contributed by atoms with E-state index in [0.717, 1.165) is 6.42 Å². The topological polar surface area (TPSA) is 159 Å². The van der Waals surface area contributed by atoms with E-state index in [2.05, 4.69) is 0 Å². The molecule has 0 bridgehead atoms. The number of carbonyl (C=O) groups excluding carboxylic acids is 4. The van der Waals surface area contributed by atoms with Crippen molar-refractivity contribution in [2.45, 2.75) is 77.9 Å². The van der Waals surface area contributed by atoms with Crippen molar-refractivity contribution in [3.8, 4) is 11.5 Å². The molecule has 0 aliphatic rings. The quantitative estimate of drug-likeness (QED) is 0.186. The predicted octanol–water partition coefficient (Wildman–Crippen LogP) is 4.68. The van der Waals surface area contributed by atoms with Crippen molar-refractivity contribution in [1.29, 1.82) is 0 Å². The highest BCUT2D eigenvalue weighted by molar-refractivity contribution is 5.81. The van der Waals surface area contributed by atoms with E-state index in [4.69, 9.17) is 38.9 Å². The lowest BCUT2D eigenvalue weighted by Crippen LogP contribution is -2.51. The molecule has 0 fully saturated rings. The average Bonchev–Trinajstić information content (AvgIpc) is 2.87. The van der Waals surface area contributed by atoms with Gasteiger partial charge in [-0.1, -0.05) is 33.3 Å². The van der Waals surface area contributed by atoms with Gasteiger partial charge in [-0.05, 0) is 43.9 Å². The largest absolute Gasteiger partial charge is 0.513 e. The molecular weight excluding hydrogens is 502 g/mol. The van der Waals surface area contributed by atoms with Gasteiger partial charge < -0.3 is 38.9 Å². The molecule has 0 aromatic heterocycles. The SMILES string of the molecule is CCCOC(=O)Oc1ccc(C[C@](N)(CCOC(=O)O[C@@H](C)CCC)C(=O)OC)cc1OC(=O)OCCC. The zero-order chi connectivity index (χ0) is 28.6. The summed E-state index contributed by atoms with van der Waals surface area (Å²) in [5, 5.41) is 0. The van der Waals surface area contributed by atoms with Gasteiger partial charge >= 0.3 is 24.4 Å². The number of hydrogen-bond donors (Lipinski definition) is 1. The zero-order valence-corrected chi connectivity index (χ0v) is 22.7. The van der Waals surface area contributed by atoms with Crippen molar-refractivity contribution in [2.75, 3.05) is 26.9 Å². The lowest BCUT2D eigenvalue weighted by molar-refractivity contribution is -0.147. The first-order chi connectivity index (χ1) is 18.1. The molecule has 0 amide bonds. The fourth-order valence-corrected chi connectivity index (χ4v) is 3.25. The normalized spacial score (nSPS) is 12.9. The summed E-state index contributed by atoms with van der Waals surface area (Å²) in [6.07, 6.45) is -0.652. The standard InChI is InChI=1S/C26H39NO11/c1-6-9-18(4)36-23(29)35-15-12-26(27,22(28)32-5)17-19-10-11-20(37-24(30)33-13-7-2)21(16-19)38-25(31)34-14-8-3/h10-11,16,18H,6-9,12-15,17,27H2,1-5H3/t18-,26+/m0/s1. The first-order valence-corrected chi connectivity index (χ1v) is 12.6. The molecule has 1 rings (SSSR count). The number of esters is 1.